The molecule has 5 heteroatoms. The van der Waals surface area contributed by atoms with Gasteiger partial charge in [-0.15, -0.1) is 0 Å². The molecule has 4 nitrogen and oxygen atoms in total. The van der Waals surface area contributed by atoms with Gasteiger partial charge in [0.05, 0.1) is 5.56 Å². The number of nitrogens with zero attached hydrogens (tertiary/aromatic N) is 1. The highest BCUT2D eigenvalue weighted by Crippen LogP contribution is 2.19. The number of nitrogens with one attached hydrogen (secondary N) is 1. The number of rotatable bonds is 5. The molecule has 0 bridgehead atoms. The van der Waals surface area contributed by atoms with Crippen LogP contribution in [0.15, 0.2) is 18.2 Å². The third-order valence-corrected chi connectivity index (χ3v) is 2.33. The summed E-state index contributed by atoms with van der Waals surface area (Å²) in [5.41, 5.74) is 6.05. The average molecular weight is 225 g/mol. The van der Waals surface area contributed by atoms with Gasteiger partial charge in [-0.1, -0.05) is 0 Å². The maximum Gasteiger partial charge on any atom is 0.250 e. The largest absolute Gasteiger partial charge is 0.373 e. The Balaban J connectivity index is 2.98. The van der Waals surface area contributed by atoms with Gasteiger partial charge in [0.2, 0.25) is 0 Å². The van der Waals surface area contributed by atoms with Gasteiger partial charge in [-0.25, -0.2) is 4.39 Å². The van der Waals surface area contributed by atoms with Crippen LogP contribution in [-0.4, -0.2) is 33.1 Å². The lowest BCUT2D eigenvalue weighted by Crippen LogP contribution is -2.29. The molecule has 0 saturated carbocycles. The number of primary amides is 1. The molecule has 0 fully saturated rings. The van der Waals surface area contributed by atoms with Gasteiger partial charge in [0.15, 0.2) is 0 Å². The molecule has 16 heavy (non-hydrogen) atoms. The van der Waals surface area contributed by atoms with Gasteiger partial charge in [-0.3, -0.25) is 4.79 Å². The van der Waals surface area contributed by atoms with Crippen LogP contribution >= 0.6 is 0 Å². The van der Waals surface area contributed by atoms with Gasteiger partial charge < -0.3 is 16.0 Å². The van der Waals surface area contributed by atoms with Crippen LogP contribution in [0.3, 0.4) is 0 Å². The van der Waals surface area contributed by atoms with Crippen LogP contribution in [0.25, 0.3) is 0 Å². The van der Waals surface area contributed by atoms with Gasteiger partial charge in [0, 0.05) is 25.8 Å². The first-order valence-corrected chi connectivity index (χ1v) is 5.01. The van der Waals surface area contributed by atoms with E-state index in [9.17, 15) is 9.18 Å². The monoisotopic (exact) mass is 225 g/mol. The zero-order valence-electron chi connectivity index (χ0n) is 9.46. The van der Waals surface area contributed by atoms with Gasteiger partial charge in [-0.2, -0.15) is 0 Å². The summed E-state index contributed by atoms with van der Waals surface area (Å²) in [6, 6.07) is 4.04. The zero-order chi connectivity index (χ0) is 12.1. The molecular formula is C11H16FN3O. The van der Waals surface area contributed by atoms with Crippen LogP contribution in [0.5, 0.6) is 0 Å². The summed E-state index contributed by atoms with van der Waals surface area (Å²) in [7, 11) is 3.67. The Morgan fingerprint density at radius 1 is 1.56 bits per heavy atom. The predicted molar refractivity (Wildman–Crippen MR) is 62.1 cm³/mol. The summed E-state index contributed by atoms with van der Waals surface area (Å²) in [6.07, 6.45) is 0. The van der Waals surface area contributed by atoms with Crippen molar-refractivity contribution in [3.63, 3.8) is 0 Å². The Hall–Kier alpha value is -1.62. The van der Waals surface area contributed by atoms with E-state index >= 15 is 0 Å². The third kappa shape index (κ3) is 2.93. The summed E-state index contributed by atoms with van der Waals surface area (Å²) >= 11 is 0. The minimum absolute atomic E-state index is 0.207. The van der Waals surface area contributed by atoms with Crippen molar-refractivity contribution in [3.05, 3.63) is 29.6 Å². The van der Waals surface area contributed by atoms with Crippen molar-refractivity contribution in [1.82, 2.24) is 5.32 Å². The first-order chi connectivity index (χ1) is 7.56. The lowest BCUT2D eigenvalue weighted by Gasteiger charge is -2.21. The minimum Gasteiger partial charge on any atom is -0.373 e. The number of hydrogen-bond donors (Lipinski definition) is 2. The second-order valence-corrected chi connectivity index (χ2v) is 3.55. The van der Waals surface area contributed by atoms with Crippen LogP contribution in [0, 0.1) is 5.82 Å². The standard InChI is InChI=1S/C11H16FN3O/c1-14-5-6-15(2)10-4-3-8(12)7-9(10)11(13)16/h3-4,7,14H,5-6H2,1-2H3,(H2,13,16). The van der Waals surface area contributed by atoms with Gasteiger partial charge in [0.1, 0.15) is 5.82 Å². The molecule has 0 unspecified atom stereocenters. The number of halogens is 1. The Kier molecular flexibility index (Phi) is 4.25. The summed E-state index contributed by atoms with van der Waals surface area (Å²) < 4.78 is 13.0. The highest BCUT2D eigenvalue weighted by atomic mass is 19.1. The number of hydrogen-bond acceptors (Lipinski definition) is 3. The normalized spacial score (nSPS) is 10.2. The van der Waals surface area contributed by atoms with E-state index in [2.05, 4.69) is 5.32 Å². The van der Waals surface area contributed by atoms with Crippen LogP contribution in [0.2, 0.25) is 0 Å². The molecule has 0 aromatic heterocycles. The van der Waals surface area contributed by atoms with E-state index in [-0.39, 0.29) is 5.56 Å². The van der Waals surface area contributed by atoms with E-state index in [1.807, 2.05) is 19.0 Å². The van der Waals surface area contributed by atoms with Crippen molar-refractivity contribution in [2.75, 3.05) is 32.1 Å². The SMILES string of the molecule is CNCCN(C)c1ccc(F)cc1C(N)=O. The molecule has 0 saturated heterocycles. The quantitative estimate of drug-likeness (QED) is 0.770. The molecule has 88 valence electrons. The van der Waals surface area contributed by atoms with E-state index in [4.69, 9.17) is 5.73 Å². The molecule has 1 aromatic carbocycles. The number of amides is 1. The molecule has 0 aliphatic rings. The fourth-order valence-electron chi connectivity index (χ4n) is 1.44. The second-order valence-electron chi connectivity index (χ2n) is 3.55. The Labute approximate surface area is 94.2 Å². The van der Waals surface area contributed by atoms with Gasteiger partial charge in [-0.05, 0) is 25.2 Å². The Morgan fingerprint density at radius 2 is 2.25 bits per heavy atom. The number of benzene rings is 1. The molecule has 0 heterocycles. The topological polar surface area (TPSA) is 58.4 Å². The van der Waals surface area contributed by atoms with Gasteiger partial charge >= 0.3 is 0 Å². The third-order valence-electron chi connectivity index (χ3n) is 2.33. The molecule has 1 amide bonds. The molecule has 3 N–H and O–H groups in total. The molecule has 0 radical (unpaired) electrons. The molecular weight excluding hydrogens is 209 g/mol. The van der Waals surface area contributed by atoms with Gasteiger partial charge in [0.25, 0.3) is 5.91 Å². The Morgan fingerprint density at radius 3 is 2.81 bits per heavy atom. The summed E-state index contributed by atoms with van der Waals surface area (Å²) in [5, 5.41) is 3.00. The Bertz CT molecular complexity index is 381. The smallest absolute Gasteiger partial charge is 0.250 e. The summed E-state index contributed by atoms with van der Waals surface area (Å²) in [4.78, 5) is 13.0. The average Bonchev–Trinajstić information content (AvgIpc) is 2.25. The molecule has 0 aliphatic carbocycles. The van der Waals surface area contributed by atoms with Crippen molar-refractivity contribution in [3.8, 4) is 0 Å². The van der Waals surface area contributed by atoms with E-state index < -0.39 is 11.7 Å². The van der Waals surface area contributed by atoms with Crippen molar-refractivity contribution in [1.29, 1.82) is 0 Å². The highest BCUT2D eigenvalue weighted by Gasteiger charge is 2.12. The number of likely N-dealkylation sites (N-methyl/N-ethyl adjacent to an activating group) is 2. The second kappa shape index (κ2) is 5.46. The van der Waals surface area contributed by atoms with E-state index in [0.29, 0.717) is 12.2 Å². The minimum atomic E-state index is -0.620. The van der Waals surface area contributed by atoms with Crippen molar-refractivity contribution in [2.24, 2.45) is 5.73 Å². The fourth-order valence-corrected chi connectivity index (χ4v) is 1.44. The maximum atomic E-state index is 13.0. The van der Waals surface area contributed by atoms with Crippen molar-refractivity contribution >= 4 is 11.6 Å². The van der Waals surface area contributed by atoms with Crippen LogP contribution in [0.1, 0.15) is 10.4 Å². The van der Waals surface area contributed by atoms with E-state index in [1.54, 1.807) is 6.07 Å². The first-order valence-electron chi connectivity index (χ1n) is 5.01. The molecule has 0 spiro atoms. The van der Waals surface area contributed by atoms with Crippen molar-refractivity contribution < 1.29 is 9.18 Å². The van der Waals surface area contributed by atoms with Crippen LogP contribution in [-0.2, 0) is 0 Å². The molecule has 1 aromatic rings. The van der Waals surface area contributed by atoms with Crippen LogP contribution < -0.4 is 16.0 Å². The fraction of sp³-hybridized carbons (Fsp3) is 0.364. The van der Waals surface area contributed by atoms with E-state index in [0.717, 1.165) is 12.6 Å². The lowest BCUT2D eigenvalue weighted by molar-refractivity contribution is 0.100. The maximum absolute atomic E-state index is 13.0. The number of nitrogens with two attached hydrogens (primary N) is 1. The first kappa shape index (κ1) is 12.4. The predicted octanol–water partition coefficient (Wildman–Crippen LogP) is 0.580. The molecule has 1 rings (SSSR count). The van der Waals surface area contributed by atoms with Crippen LogP contribution in [0.4, 0.5) is 10.1 Å². The molecule has 0 aliphatic heterocycles. The number of anilines is 1. The number of carbonyl (C=O) groups excluding carboxylic acids is 1. The highest BCUT2D eigenvalue weighted by molar-refractivity contribution is 5.98. The zero-order valence-corrected chi connectivity index (χ0v) is 9.46. The number of carbonyl (C=O) groups is 1. The van der Waals surface area contributed by atoms with Crippen molar-refractivity contribution in [2.45, 2.75) is 0 Å². The summed E-state index contributed by atoms with van der Waals surface area (Å²) in [6.45, 7) is 1.48. The molecule has 0 atom stereocenters. The van der Waals surface area contributed by atoms with E-state index in [1.165, 1.54) is 6.07 Å². The lowest BCUT2D eigenvalue weighted by atomic mass is 10.1. The summed E-state index contributed by atoms with van der Waals surface area (Å²) in [5.74, 6) is -1.08.